The van der Waals surface area contributed by atoms with Gasteiger partial charge in [0.15, 0.2) is 0 Å². The van der Waals surface area contributed by atoms with Crippen molar-refractivity contribution in [1.82, 2.24) is 0 Å². The third-order valence-corrected chi connectivity index (χ3v) is 14.9. The monoisotopic (exact) mass is 1050 g/mol. The second-order valence-electron chi connectivity index (χ2n) is 16.2. The molecule has 0 aliphatic heterocycles. The van der Waals surface area contributed by atoms with E-state index in [2.05, 4.69) is 9.44 Å². The molecule has 10 nitrogen and oxygen atoms in total. The SMILES string of the molecule is Cc1ccc(S(=O)(=O)Nc2cc(C)c(C)cc2CC(=O)Cc2c(Cl)cccc2Cl)cc1.Cc1ccc(S(=O)(=O)Nc2cc(C)c(C)cc2N)cc1.O=C(Cc1c(Cl)cccc1Cl)Oc1ccccc1. The van der Waals surface area contributed by atoms with E-state index in [1.54, 1.807) is 127 Å². The molecule has 0 fully saturated rings. The summed E-state index contributed by atoms with van der Waals surface area (Å²) in [5.41, 5.74) is 14.7. The second kappa shape index (κ2) is 24.1. The van der Waals surface area contributed by atoms with Gasteiger partial charge in [0.25, 0.3) is 20.0 Å². The van der Waals surface area contributed by atoms with Gasteiger partial charge in [-0.2, -0.15) is 0 Å². The number of aryl methyl sites for hydroxylation is 6. The summed E-state index contributed by atoms with van der Waals surface area (Å²) in [4.78, 5) is 24.9. The van der Waals surface area contributed by atoms with Crippen LogP contribution in [0.2, 0.25) is 20.1 Å². The second-order valence-corrected chi connectivity index (χ2v) is 21.2. The zero-order valence-corrected chi connectivity index (χ0v) is 43.3. The van der Waals surface area contributed by atoms with E-state index in [0.717, 1.165) is 33.4 Å². The van der Waals surface area contributed by atoms with Crippen LogP contribution in [0.1, 0.15) is 50.1 Å². The zero-order valence-electron chi connectivity index (χ0n) is 38.7. The molecule has 0 unspecified atom stereocenters. The number of ketones is 1. The van der Waals surface area contributed by atoms with Gasteiger partial charge in [0, 0.05) is 38.5 Å². The number of ether oxygens (including phenoxy) is 1. The Labute approximate surface area is 424 Å². The Balaban J connectivity index is 0.000000203. The topological polar surface area (TPSA) is 162 Å². The molecule has 4 N–H and O–H groups in total. The smallest absolute Gasteiger partial charge is 0.315 e. The molecule has 7 rings (SSSR count). The summed E-state index contributed by atoms with van der Waals surface area (Å²) < 4.78 is 60.7. The fourth-order valence-corrected chi connectivity index (χ4v) is 9.79. The number of para-hydroxylation sites is 1. The molecule has 0 aliphatic rings. The third kappa shape index (κ3) is 15.6. The number of benzene rings is 7. The molecule has 7 aromatic rings. The van der Waals surface area contributed by atoms with Crippen LogP contribution in [0.25, 0.3) is 0 Å². The molecular formula is C53H51Cl4N3O7S2. The summed E-state index contributed by atoms with van der Waals surface area (Å²) in [6.07, 6.45) is 0.164. The van der Waals surface area contributed by atoms with Crippen molar-refractivity contribution in [2.45, 2.75) is 70.6 Å². The standard InChI is InChI=1S/C24H23Cl2NO3S.C15H18N2O2S.C14H10Cl2O2/c1-15-7-9-20(10-8-15)31(29,30)27-24-12-17(3)16(2)11-18(24)13-19(28)14-21-22(25)5-4-6-23(21)26;1-10-4-6-13(7-5-10)20(18,19)17-15-9-12(3)11(2)8-14(15)16;15-12-7-4-8-13(16)11(12)9-14(17)18-10-5-2-1-3-6-10/h4-12,27H,13-14H2,1-3H3;4-9,17H,16H2,1-3H3;1-8H,9H2. The molecule has 0 spiro atoms. The lowest BCUT2D eigenvalue weighted by atomic mass is 9.98. The van der Waals surface area contributed by atoms with Crippen molar-refractivity contribution >= 4 is 95.3 Å². The Morgan fingerprint density at radius 2 is 0.899 bits per heavy atom. The van der Waals surface area contributed by atoms with Crippen LogP contribution in [0.4, 0.5) is 17.1 Å². The van der Waals surface area contributed by atoms with Crippen molar-refractivity contribution in [2.24, 2.45) is 0 Å². The summed E-state index contributed by atoms with van der Waals surface area (Å²) in [7, 11) is -7.41. The maximum Gasteiger partial charge on any atom is 0.315 e. The minimum atomic E-state index is -3.79. The lowest BCUT2D eigenvalue weighted by molar-refractivity contribution is -0.133. The van der Waals surface area contributed by atoms with Crippen LogP contribution in [0.5, 0.6) is 5.75 Å². The van der Waals surface area contributed by atoms with Gasteiger partial charge in [0.05, 0.1) is 33.3 Å². The number of hydrogen-bond donors (Lipinski definition) is 3. The molecule has 0 atom stereocenters. The van der Waals surface area contributed by atoms with Crippen LogP contribution in [0, 0.1) is 41.5 Å². The predicted octanol–water partition coefficient (Wildman–Crippen LogP) is 13.2. The van der Waals surface area contributed by atoms with E-state index in [4.69, 9.17) is 56.9 Å². The highest BCUT2D eigenvalue weighted by Gasteiger charge is 2.20. The molecule has 69 heavy (non-hydrogen) atoms. The molecule has 0 aromatic heterocycles. The molecule has 360 valence electrons. The number of esters is 1. The number of nitrogen functional groups attached to an aromatic ring is 1. The molecule has 0 amide bonds. The Morgan fingerprint density at radius 3 is 1.38 bits per heavy atom. The summed E-state index contributed by atoms with van der Waals surface area (Å²) in [6.45, 7) is 11.5. The van der Waals surface area contributed by atoms with Crippen molar-refractivity contribution in [2.75, 3.05) is 15.2 Å². The number of Topliss-reactive ketones (excluding diaryl/α,β-unsaturated/α-hetero) is 1. The highest BCUT2D eigenvalue weighted by molar-refractivity contribution is 7.93. The number of nitrogens with one attached hydrogen (secondary N) is 2. The number of rotatable bonds is 13. The van der Waals surface area contributed by atoms with Crippen LogP contribution >= 0.6 is 46.4 Å². The number of hydrogen-bond acceptors (Lipinski definition) is 8. The van der Waals surface area contributed by atoms with Gasteiger partial charge in [-0.05, 0) is 154 Å². The minimum Gasteiger partial charge on any atom is -0.426 e. The molecule has 0 saturated heterocycles. The first-order valence-corrected chi connectivity index (χ1v) is 25.8. The number of sulfonamides is 2. The number of carbonyl (C=O) groups is 2. The van der Waals surface area contributed by atoms with Gasteiger partial charge in [-0.25, -0.2) is 16.8 Å². The fourth-order valence-electron chi connectivity index (χ4n) is 6.56. The van der Waals surface area contributed by atoms with Gasteiger partial charge in [-0.3, -0.25) is 19.0 Å². The Bertz CT molecular complexity index is 3150. The number of anilines is 3. The van der Waals surface area contributed by atoms with E-state index < -0.39 is 26.0 Å². The van der Waals surface area contributed by atoms with Crippen LogP contribution in [0.15, 0.2) is 149 Å². The highest BCUT2D eigenvalue weighted by Crippen LogP contribution is 2.30. The maximum atomic E-state index is 12.9. The molecule has 0 saturated carbocycles. The van der Waals surface area contributed by atoms with Crippen molar-refractivity contribution < 1.29 is 31.2 Å². The van der Waals surface area contributed by atoms with E-state index in [9.17, 15) is 26.4 Å². The molecule has 0 heterocycles. The van der Waals surface area contributed by atoms with Gasteiger partial charge < -0.3 is 10.5 Å². The van der Waals surface area contributed by atoms with E-state index in [1.807, 2.05) is 53.7 Å². The Hall–Kier alpha value is -5.86. The summed E-state index contributed by atoms with van der Waals surface area (Å²) in [5.74, 6) is -0.00378. The first kappa shape index (κ1) is 54.1. The van der Waals surface area contributed by atoms with Crippen molar-refractivity contribution in [1.29, 1.82) is 0 Å². The van der Waals surface area contributed by atoms with Crippen molar-refractivity contribution in [3.05, 3.63) is 210 Å². The summed E-state index contributed by atoms with van der Waals surface area (Å²) in [6, 6.07) is 39.5. The van der Waals surface area contributed by atoms with E-state index in [0.29, 0.717) is 59.6 Å². The van der Waals surface area contributed by atoms with Crippen molar-refractivity contribution in [3.8, 4) is 5.75 Å². The average Bonchev–Trinajstić information content (AvgIpc) is 3.28. The van der Waals surface area contributed by atoms with Crippen LogP contribution in [0.3, 0.4) is 0 Å². The van der Waals surface area contributed by atoms with Crippen LogP contribution in [-0.2, 0) is 48.9 Å². The number of halogens is 4. The highest BCUT2D eigenvalue weighted by atomic mass is 35.5. The van der Waals surface area contributed by atoms with Crippen LogP contribution in [-0.4, -0.2) is 28.6 Å². The van der Waals surface area contributed by atoms with E-state index in [-0.39, 0.29) is 34.8 Å². The minimum absolute atomic E-state index is 0.0490. The van der Waals surface area contributed by atoms with Gasteiger partial charge in [-0.1, -0.05) is 118 Å². The molecule has 0 bridgehead atoms. The molecule has 0 radical (unpaired) electrons. The third-order valence-electron chi connectivity index (χ3n) is 10.7. The lowest BCUT2D eigenvalue weighted by Gasteiger charge is -2.15. The van der Waals surface area contributed by atoms with E-state index in [1.165, 1.54) is 0 Å². The van der Waals surface area contributed by atoms with Crippen molar-refractivity contribution in [3.63, 3.8) is 0 Å². The summed E-state index contributed by atoms with van der Waals surface area (Å²) in [5, 5.41) is 1.79. The average molecular weight is 1050 g/mol. The fraction of sp³-hybridized carbons (Fsp3) is 0.170. The number of nitrogens with two attached hydrogens (primary N) is 1. The Morgan fingerprint density at radius 1 is 0.493 bits per heavy atom. The quantitative estimate of drug-likeness (QED) is 0.0584. The molecule has 7 aromatic carbocycles. The summed E-state index contributed by atoms with van der Waals surface area (Å²) >= 11 is 24.4. The van der Waals surface area contributed by atoms with Gasteiger partial charge in [0.1, 0.15) is 11.5 Å². The van der Waals surface area contributed by atoms with Gasteiger partial charge in [-0.15, -0.1) is 0 Å². The first-order chi connectivity index (χ1) is 32.5. The van der Waals surface area contributed by atoms with Crippen LogP contribution < -0.4 is 19.9 Å². The number of carbonyl (C=O) groups excluding carboxylic acids is 2. The normalized spacial score (nSPS) is 11.0. The van der Waals surface area contributed by atoms with Gasteiger partial charge >= 0.3 is 5.97 Å². The first-order valence-electron chi connectivity index (χ1n) is 21.3. The van der Waals surface area contributed by atoms with Gasteiger partial charge in [0.2, 0.25) is 0 Å². The predicted molar refractivity (Wildman–Crippen MR) is 281 cm³/mol. The van der Waals surface area contributed by atoms with E-state index >= 15 is 0 Å². The molecule has 16 heteroatoms. The molecular weight excluding hydrogens is 997 g/mol. The maximum absolute atomic E-state index is 12.9. The Kier molecular flexibility index (Phi) is 18.9. The molecule has 0 aliphatic carbocycles. The largest absolute Gasteiger partial charge is 0.426 e. The lowest BCUT2D eigenvalue weighted by Crippen LogP contribution is -2.16. The zero-order chi connectivity index (χ0) is 50.6.